The van der Waals surface area contributed by atoms with E-state index >= 15 is 0 Å². The lowest BCUT2D eigenvalue weighted by Crippen LogP contribution is -2.19. The van der Waals surface area contributed by atoms with Crippen LogP contribution < -0.4 is 4.74 Å². The van der Waals surface area contributed by atoms with Crippen LogP contribution in [-0.2, 0) is 4.79 Å². The van der Waals surface area contributed by atoms with Crippen LogP contribution in [-0.4, -0.2) is 12.4 Å². The first-order valence-electron chi connectivity index (χ1n) is 10.9. The van der Waals surface area contributed by atoms with Gasteiger partial charge in [0.15, 0.2) is 5.78 Å². The number of unbranched alkanes of at least 4 members (excludes halogenated alkanes) is 2. The van der Waals surface area contributed by atoms with Gasteiger partial charge in [0.05, 0.1) is 6.61 Å². The summed E-state index contributed by atoms with van der Waals surface area (Å²) in [5.41, 5.74) is 4.15. The molecule has 2 heteroatoms. The van der Waals surface area contributed by atoms with E-state index in [1.54, 1.807) is 0 Å². The topological polar surface area (TPSA) is 26.3 Å². The van der Waals surface area contributed by atoms with E-state index in [2.05, 4.69) is 37.3 Å². The second-order valence-electron chi connectivity index (χ2n) is 8.01. The zero-order valence-corrected chi connectivity index (χ0v) is 17.0. The Labute approximate surface area is 164 Å². The SMILES string of the molecule is CCCCCC1CCC(C2=CCC(c3ccc(OCC)cc3)CC2)=CC1=O. The predicted molar refractivity (Wildman–Crippen MR) is 112 cm³/mol. The van der Waals surface area contributed by atoms with Gasteiger partial charge in [0.1, 0.15) is 5.75 Å². The van der Waals surface area contributed by atoms with E-state index in [1.165, 1.54) is 42.4 Å². The Kier molecular flexibility index (Phi) is 7.32. The molecule has 2 aliphatic carbocycles. The second-order valence-corrected chi connectivity index (χ2v) is 8.01. The quantitative estimate of drug-likeness (QED) is 0.475. The summed E-state index contributed by atoms with van der Waals surface area (Å²) in [6.45, 7) is 4.94. The van der Waals surface area contributed by atoms with E-state index in [-0.39, 0.29) is 5.92 Å². The monoisotopic (exact) mass is 366 g/mol. The molecule has 146 valence electrons. The van der Waals surface area contributed by atoms with Gasteiger partial charge >= 0.3 is 0 Å². The van der Waals surface area contributed by atoms with Gasteiger partial charge in [-0.15, -0.1) is 0 Å². The van der Waals surface area contributed by atoms with E-state index in [0.717, 1.165) is 37.9 Å². The highest BCUT2D eigenvalue weighted by molar-refractivity contribution is 5.94. The lowest BCUT2D eigenvalue weighted by Gasteiger charge is -2.27. The molecule has 0 radical (unpaired) electrons. The summed E-state index contributed by atoms with van der Waals surface area (Å²) in [4.78, 5) is 12.5. The minimum Gasteiger partial charge on any atom is -0.494 e. The molecule has 1 aromatic carbocycles. The summed E-state index contributed by atoms with van der Waals surface area (Å²) in [6.07, 6.45) is 14.6. The third-order valence-electron chi connectivity index (χ3n) is 6.12. The number of carbonyl (C=O) groups is 1. The number of hydrogen-bond acceptors (Lipinski definition) is 2. The molecule has 0 heterocycles. The molecule has 0 amide bonds. The average molecular weight is 367 g/mol. The van der Waals surface area contributed by atoms with Crippen molar-refractivity contribution in [3.8, 4) is 5.75 Å². The summed E-state index contributed by atoms with van der Waals surface area (Å²) in [5.74, 6) is 2.20. The summed E-state index contributed by atoms with van der Waals surface area (Å²) in [6, 6.07) is 8.58. The molecule has 2 aliphatic rings. The molecule has 27 heavy (non-hydrogen) atoms. The Bertz CT molecular complexity index is 681. The Hall–Kier alpha value is -1.83. The van der Waals surface area contributed by atoms with Crippen LogP contribution in [0.15, 0.2) is 47.6 Å². The predicted octanol–water partition coefficient (Wildman–Crippen LogP) is 6.77. The molecule has 0 spiro atoms. The van der Waals surface area contributed by atoms with Crippen LogP contribution in [0.2, 0.25) is 0 Å². The van der Waals surface area contributed by atoms with E-state index in [0.29, 0.717) is 18.3 Å². The lowest BCUT2D eigenvalue weighted by atomic mass is 9.78. The van der Waals surface area contributed by atoms with E-state index in [1.807, 2.05) is 13.0 Å². The Balaban J connectivity index is 1.57. The van der Waals surface area contributed by atoms with Crippen LogP contribution in [0.5, 0.6) is 5.75 Å². The van der Waals surface area contributed by atoms with Crippen LogP contribution >= 0.6 is 0 Å². The molecule has 0 aliphatic heterocycles. The number of carbonyl (C=O) groups excluding carboxylic acids is 1. The zero-order chi connectivity index (χ0) is 19.1. The van der Waals surface area contributed by atoms with Gasteiger partial charge in [-0.25, -0.2) is 0 Å². The smallest absolute Gasteiger partial charge is 0.159 e. The minimum absolute atomic E-state index is 0.279. The van der Waals surface area contributed by atoms with Crippen LogP contribution in [0.1, 0.15) is 83.1 Å². The number of benzene rings is 1. The zero-order valence-electron chi connectivity index (χ0n) is 17.0. The Morgan fingerprint density at radius 2 is 1.78 bits per heavy atom. The van der Waals surface area contributed by atoms with E-state index in [4.69, 9.17) is 4.74 Å². The molecule has 0 aromatic heterocycles. The van der Waals surface area contributed by atoms with Gasteiger partial charge in [-0.1, -0.05) is 44.4 Å². The maximum Gasteiger partial charge on any atom is 0.159 e. The van der Waals surface area contributed by atoms with Crippen LogP contribution in [0.3, 0.4) is 0 Å². The second kappa shape index (κ2) is 9.92. The van der Waals surface area contributed by atoms with E-state index in [9.17, 15) is 4.79 Å². The first-order valence-corrected chi connectivity index (χ1v) is 10.9. The summed E-state index contributed by atoms with van der Waals surface area (Å²) >= 11 is 0. The number of ketones is 1. The van der Waals surface area contributed by atoms with Crippen LogP contribution in [0.4, 0.5) is 0 Å². The lowest BCUT2D eigenvalue weighted by molar-refractivity contribution is -0.119. The molecule has 0 bridgehead atoms. The molecule has 2 nitrogen and oxygen atoms in total. The first kappa shape index (κ1) is 19.9. The molecule has 0 N–H and O–H groups in total. The minimum atomic E-state index is 0.279. The summed E-state index contributed by atoms with van der Waals surface area (Å²) < 4.78 is 5.54. The maximum absolute atomic E-state index is 12.5. The number of allylic oxidation sites excluding steroid dienone is 4. The molecular formula is C25H34O2. The van der Waals surface area contributed by atoms with Crippen LogP contribution in [0.25, 0.3) is 0 Å². The van der Waals surface area contributed by atoms with Crippen molar-refractivity contribution in [2.75, 3.05) is 6.61 Å². The first-order chi connectivity index (χ1) is 13.2. The van der Waals surface area contributed by atoms with Gasteiger partial charge in [-0.3, -0.25) is 4.79 Å². The Morgan fingerprint density at radius 1 is 1.00 bits per heavy atom. The number of ether oxygens (including phenoxy) is 1. The fourth-order valence-electron chi connectivity index (χ4n) is 4.45. The van der Waals surface area contributed by atoms with Gasteiger partial charge in [0, 0.05) is 5.92 Å². The van der Waals surface area contributed by atoms with Gasteiger partial charge in [-0.05, 0) is 86.3 Å². The Morgan fingerprint density at radius 3 is 2.41 bits per heavy atom. The molecule has 0 fully saturated rings. The van der Waals surface area contributed by atoms with Crippen molar-refractivity contribution in [1.82, 2.24) is 0 Å². The summed E-state index contributed by atoms with van der Waals surface area (Å²) in [7, 11) is 0. The third-order valence-corrected chi connectivity index (χ3v) is 6.12. The van der Waals surface area contributed by atoms with Crippen LogP contribution in [0, 0.1) is 5.92 Å². The van der Waals surface area contributed by atoms with Crippen molar-refractivity contribution >= 4 is 5.78 Å². The van der Waals surface area contributed by atoms with Crippen molar-refractivity contribution in [2.45, 2.75) is 77.6 Å². The highest BCUT2D eigenvalue weighted by Gasteiger charge is 2.25. The van der Waals surface area contributed by atoms with E-state index < -0.39 is 0 Å². The van der Waals surface area contributed by atoms with Crippen molar-refractivity contribution in [2.24, 2.45) is 5.92 Å². The average Bonchev–Trinajstić information content (AvgIpc) is 2.70. The molecule has 2 unspecified atom stereocenters. The van der Waals surface area contributed by atoms with Gasteiger partial charge in [0.25, 0.3) is 0 Å². The fraction of sp³-hybridized carbons (Fsp3) is 0.560. The highest BCUT2D eigenvalue weighted by atomic mass is 16.5. The largest absolute Gasteiger partial charge is 0.494 e. The normalized spacial score (nSPS) is 23.0. The fourth-order valence-corrected chi connectivity index (χ4v) is 4.45. The van der Waals surface area contributed by atoms with Gasteiger partial charge in [0.2, 0.25) is 0 Å². The van der Waals surface area contributed by atoms with Crippen molar-refractivity contribution in [3.63, 3.8) is 0 Å². The molecule has 3 rings (SSSR count). The molecule has 0 saturated carbocycles. The molecule has 2 atom stereocenters. The molecule has 1 aromatic rings. The van der Waals surface area contributed by atoms with Gasteiger partial charge in [-0.2, -0.15) is 0 Å². The summed E-state index contributed by atoms with van der Waals surface area (Å²) in [5, 5.41) is 0. The maximum atomic E-state index is 12.5. The molecule has 0 saturated heterocycles. The van der Waals surface area contributed by atoms with Crippen molar-refractivity contribution in [1.29, 1.82) is 0 Å². The van der Waals surface area contributed by atoms with Crippen molar-refractivity contribution in [3.05, 3.63) is 53.1 Å². The van der Waals surface area contributed by atoms with Gasteiger partial charge < -0.3 is 4.74 Å². The number of rotatable bonds is 8. The molecular weight excluding hydrogens is 332 g/mol. The van der Waals surface area contributed by atoms with Crippen molar-refractivity contribution < 1.29 is 9.53 Å². The standard InChI is InChI=1S/C25H34O2/c1-3-5-6-7-22-12-13-23(18-25(22)26)21-10-8-19(9-11-21)20-14-16-24(17-15-20)27-4-2/h10,14-19,22H,3-9,11-13H2,1-2H3. The highest BCUT2D eigenvalue weighted by Crippen LogP contribution is 2.38. The third kappa shape index (κ3) is 5.34. The number of hydrogen-bond donors (Lipinski definition) is 0.